The lowest BCUT2D eigenvalue weighted by atomic mass is 9.82. The molecule has 11 aromatic carbocycles. The maximum absolute atomic E-state index is 6.33. The molecule has 0 aliphatic rings. The second-order valence-electron chi connectivity index (χ2n) is 18.0. The van der Waals surface area contributed by atoms with Gasteiger partial charge in [0.1, 0.15) is 11.2 Å². The minimum Gasteiger partial charge on any atom is -0.456 e. The highest BCUT2D eigenvalue weighted by Crippen LogP contribution is 2.43. The lowest BCUT2D eigenvalue weighted by molar-refractivity contribution is 0.668. The van der Waals surface area contributed by atoms with Gasteiger partial charge in [0.05, 0.1) is 11.0 Å². The van der Waals surface area contributed by atoms with E-state index in [-0.39, 0.29) is 5.92 Å². The summed E-state index contributed by atoms with van der Waals surface area (Å²) in [6.07, 6.45) is 0. The Morgan fingerprint density at radius 1 is 0.261 bits per heavy atom. The predicted molar refractivity (Wildman–Crippen MR) is 289 cm³/mol. The highest BCUT2D eigenvalue weighted by atomic mass is 16.3. The van der Waals surface area contributed by atoms with Gasteiger partial charge in [-0.1, -0.05) is 212 Å². The molecule has 1 unspecified atom stereocenters. The summed E-state index contributed by atoms with van der Waals surface area (Å²) in [6.45, 7) is 0. The van der Waals surface area contributed by atoms with Crippen molar-refractivity contribution < 1.29 is 4.42 Å². The molecular weight excluding hydrogens is 835 g/mol. The zero-order chi connectivity index (χ0) is 45.7. The van der Waals surface area contributed by atoms with E-state index in [1.165, 1.54) is 94.1 Å². The Kier molecular flexibility index (Phi) is 9.95. The number of aromatic nitrogens is 1. The highest BCUT2D eigenvalue weighted by Gasteiger charge is 2.22. The maximum atomic E-state index is 6.33. The van der Waals surface area contributed by atoms with Crippen molar-refractivity contribution in [1.29, 1.82) is 0 Å². The molecular formula is C67H45NO. The molecule has 2 heteroatoms. The van der Waals surface area contributed by atoms with Crippen molar-refractivity contribution in [2.45, 2.75) is 5.92 Å². The van der Waals surface area contributed by atoms with Gasteiger partial charge in [-0.3, -0.25) is 0 Å². The van der Waals surface area contributed by atoms with Crippen LogP contribution in [-0.2, 0) is 0 Å². The van der Waals surface area contributed by atoms with Crippen LogP contribution in [-0.4, -0.2) is 4.57 Å². The van der Waals surface area contributed by atoms with Crippen LogP contribution >= 0.6 is 0 Å². The number of hydrogen-bond acceptors (Lipinski definition) is 1. The van der Waals surface area contributed by atoms with Gasteiger partial charge in [0.2, 0.25) is 0 Å². The molecule has 2 nitrogen and oxygen atoms in total. The first kappa shape index (κ1) is 40.3. The monoisotopic (exact) mass is 879 g/mol. The molecule has 2 aromatic heterocycles. The Bertz CT molecular complexity index is 3990. The van der Waals surface area contributed by atoms with E-state index in [0.717, 1.165) is 27.6 Å². The Morgan fingerprint density at radius 3 is 1.58 bits per heavy atom. The molecule has 2 heterocycles. The van der Waals surface area contributed by atoms with Gasteiger partial charge in [-0.05, 0) is 127 Å². The van der Waals surface area contributed by atoms with Crippen molar-refractivity contribution >= 4 is 43.7 Å². The van der Waals surface area contributed by atoms with Crippen LogP contribution < -0.4 is 0 Å². The highest BCUT2D eigenvalue weighted by molar-refractivity contribution is 6.10. The fourth-order valence-electron chi connectivity index (χ4n) is 10.6. The van der Waals surface area contributed by atoms with Crippen LogP contribution in [0.5, 0.6) is 0 Å². The number of fused-ring (bicyclic) bond motifs is 6. The summed E-state index contributed by atoms with van der Waals surface area (Å²) in [5, 5.41) is 4.75. The molecule has 0 saturated carbocycles. The third-order valence-electron chi connectivity index (χ3n) is 13.9. The van der Waals surface area contributed by atoms with Crippen LogP contribution in [0, 0.1) is 0 Å². The number of rotatable bonds is 9. The van der Waals surface area contributed by atoms with E-state index in [4.69, 9.17) is 4.42 Å². The molecule has 0 aliphatic carbocycles. The smallest absolute Gasteiger partial charge is 0.135 e. The fourth-order valence-corrected chi connectivity index (χ4v) is 10.6. The molecule has 13 rings (SSSR count). The summed E-state index contributed by atoms with van der Waals surface area (Å²) in [5.74, 6) is -0.0416. The lowest BCUT2D eigenvalue weighted by Gasteiger charge is -2.21. The van der Waals surface area contributed by atoms with E-state index in [1.807, 2.05) is 6.07 Å². The first-order valence-electron chi connectivity index (χ1n) is 23.8. The van der Waals surface area contributed by atoms with Crippen molar-refractivity contribution in [3.05, 3.63) is 284 Å². The normalized spacial score (nSPS) is 12.0. The molecule has 69 heavy (non-hydrogen) atoms. The fraction of sp³-hybridized carbons (Fsp3) is 0.0149. The zero-order valence-corrected chi connectivity index (χ0v) is 37.8. The van der Waals surface area contributed by atoms with Gasteiger partial charge in [0.25, 0.3) is 0 Å². The average Bonchev–Trinajstić information content (AvgIpc) is 3.97. The molecule has 0 aliphatic heterocycles. The number of furan rings is 1. The second kappa shape index (κ2) is 17.0. The SMILES string of the molecule is c1ccc(-c2ccc(C(c3cccc(-c4ccc(-c5ccc6c7ccccc7n(-c7ccccc7)c6c5)cc4-c4cccc(-c5ccccc5)c4)c3)c3ccc4oc5ccccc5c4c3)cc2)cc1. The lowest BCUT2D eigenvalue weighted by Crippen LogP contribution is -2.04. The van der Waals surface area contributed by atoms with Crippen molar-refractivity contribution in [3.8, 4) is 61.3 Å². The quantitative estimate of drug-likeness (QED) is 0.132. The van der Waals surface area contributed by atoms with Crippen LogP contribution in [0.1, 0.15) is 22.6 Å². The van der Waals surface area contributed by atoms with E-state index in [2.05, 4.69) is 265 Å². The van der Waals surface area contributed by atoms with E-state index < -0.39 is 0 Å². The maximum Gasteiger partial charge on any atom is 0.135 e. The van der Waals surface area contributed by atoms with E-state index in [0.29, 0.717) is 0 Å². The number of hydrogen-bond donors (Lipinski definition) is 0. The first-order chi connectivity index (χ1) is 34.2. The Morgan fingerprint density at radius 2 is 0.783 bits per heavy atom. The molecule has 324 valence electrons. The van der Waals surface area contributed by atoms with Gasteiger partial charge in [-0.2, -0.15) is 0 Å². The van der Waals surface area contributed by atoms with E-state index >= 15 is 0 Å². The molecule has 0 bridgehead atoms. The average molecular weight is 880 g/mol. The topological polar surface area (TPSA) is 18.1 Å². The van der Waals surface area contributed by atoms with Gasteiger partial charge >= 0.3 is 0 Å². The minimum absolute atomic E-state index is 0.0416. The van der Waals surface area contributed by atoms with Gasteiger partial charge in [-0.25, -0.2) is 0 Å². The summed E-state index contributed by atoms with van der Waals surface area (Å²) >= 11 is 0. The van der Waals surface area contributed by atoms with Crippen molar-refractivity contribution in [2.75, 3.05) is 0 Å². The molecule has 13 aromatic rings. The zero-order valence-electron chi connectivity index (χ0n) is 37.8. The molecule has 0 N–H and O–H groups in total. The Hall–Kier alpha value is -8.98. The third-order valence-corrected chi connectivity index (χ3v) is 13.9. The molecule has 0 amide bonds. The van der Waals surface area contributed by atoms with Crippen LogP contribution in [0.25, 0.3) is 105 Å². The van der Waals surface area contributed by atoms with Crippen LogP contribution in [0.2, 0.25) is 0 Å². The van der Waals surface area contributed by atoms with Crippen molar-refractivity contribution in [2.24, 2.45) is 0 Å². The first-order valence-corrected chi connectivity index (χ1v) is 23.8. The van der Waals surface area contributed by atoms with Crippen LogP contribution in [0.15, 0.2) is 271 Å². The standard InChI is InChI=1S/C67H45NO/c1-4-16-45(17-5-1)47-30-32-48(33-31-47)67(55-36-39-66-62(43-55)60-27-11-13-29-65(60)69-66)54-23-15-21-52(41-54)57-37-34-50(42-61(57)53-22-14-20-49(40-53)46-18-6-2-7-19-46)51-35-38-59-58-26-10-12-28-63(58)68(64(59)44-51)56-24-8-3-9-25-56/h1-44,67H. The van der Waals surface area contributed by atoms with Gasteiger partial charge < -0.3 is 8.98 Å². The van der Waals surface area contributed by atoms with Crippen LogP contribution in [0.3, 0.4) is 0 Å². The predicted octanol–water partition coefficient (Wildman–Crippen LogP) is 18.2. The minimum atomic E-state index is -0.0416. The number of benzene rings is 11. The molecule has 1 atom stereocenters. The van der Waals surface area contributed by atoms with Crippen molar-refractivity contribution in [1.82, 2.24) is 4.57 Å². The van der Waals surface area contributed by atoms with Gasteiger partial charge in [-0.15, -0.1) is 0 Å². The Labute approximate surface area is 401 Å². The molecule has 0 saturated heterocycles. The number of nitrogens with zero attached hydrogens (tertiary/aromatic N) is 1. The molecule has 0 fully saturated rings. The van der Waals surface area contributed by atoms with E-state index in [9.17, 15) is 0 Å². The van der Waals surface area contributed by atoms with E-state index in [1.54, 1.807) is 0 Å². The third kappa shape index (κ3) is 7.31. The number of para-hydroxylation sites is 3. The molecule has 0 radical (unpaired) electrons. The Balaban J connectivity index is 0.980. The second-order valence-corrected chi connectivity index (χ2v) is 18.0. The summed E-state index contributed by atoms with van der Waals surface area (Å²) in [7, 11) is 0. The van der Waals surface area contributed by atoms with Crippen LogP contribution in [0.4, 0.5) is 0 Å². The summed E-state index contributed by atoms with van der Waals surface area (Å²) in [4.78, 5) is 0. The summed E-state index contributed by atoms with van der Waals surface area (Å²) < 4.78 is 8.73. The summed E-state index contributed by atoms with van der Waals surface area (Å²) in [5.41, 5.74) is 20.8. The summed E-state index contributed by atoms with van der Waals surface area (Å²) in [6, 6.07) is 97.2. The largest absolute Gasteiger partial charge is 0.456 e. The molecule has 0 spiro atoms. The van der Waals surface area contributed by atoms with Gasteiger partial charge in [0.15, 0.2) is 0 Å². The van der Waals surface area contributed by atoms with Crippen molar-refractivity contribution in [3.63, 3.8) is 0 Å². The van der Waals surface area contributed by atoms with Gasteiger partial charge in [0, 0.05) is 33.2 Å².